The lowest BCUT2D eigenvalue weighted by Gasteiger charge is -2.31. The van der Waals surface area contributed by atoms with Gasteiger partial charge in [-0.15, -0.1) is 0 Å². The van der Waals surface area contributed by atoms with Gasteiger partial charge in [-0.05, 0) is 53.7 Å². The van der Waals surface area contributed by atoms with Crippen LogP contribution in [0.3, 0.4) is 0 Å². The normalized spacial score (nSPS) is 19.0. The first-order valence-electron chi connectivity index (χ1n) is 10.2. The van der Waals surface area contributed by atoms with Crippen LogP contribution >= 0.6 is 0 Å². The van der Waals surface area contributed by atoms with Gasteiger partial charge in [-0.25, -0.2) is 4.79 Å². The number of anilines is 1. The van der Waals surface area contributed by atoms with Gasteiger partial charge in [0.05, 0.1) is 6.54 Å². The van der Waals surface area contributed by atoms with Crippen molar-refractivity contribution in [3.05, 3.63) is 30.3 Å². The van der Waals surface area contributed by atoms with Crippen LogP contribution in [-0.4, -0.2) is 66.9 Å². The predicted molar refractivity (Wildman–Crippen MR) is 114 cm³/mol. The zero-order chi connectivity index (χ0) is 21.7. The maximum Gasteiger partial charge on any atom is 0.410 e. The summed E-state index contributed by atoms with van der Waals surface area (Å²) >= 11 is 0. The second-order valence-electron chi connectivity index (χ2n) is 9.29. The Bertz CT molecular complexity index is 680. The number of nitrogens with zero attached hydrogens (tertiary/aromatic N) is 2. The molecule has 1 fully saturated rings. The first kappa shape index (κ1) is 23.0. The largest absolute Gasteiger partial charge is 0.459 e. The number of benzene rings is 1. The smallest absolute Gasteiger partial charge is 0.410 e. The van der Waals surface area contributed by atoms with E-state index in [0.29, 0.717) is 26.2 Å². The average Bonchev–Trinajstić information content (AvgIpc) is 2.70. The fraction of sp³-hybridized carbons (Fsp3) is 0.636. The monoisotopic (exact) mass is 405 g/mol. The average molecular weight is 406 g/mol. The lowest BCUT2D eigenvalue weighted by atomic mass is 10.2. The molecular formula is C22H35N3O4. The Morgan fingerprint density at radius 3 is 2.14 bits per heavy atom. The summed E-state index contributed by atoms with van der Waals surface area (Å²) in [5.41, 5.74) is -0.123. The van der Waals surface area contributed by atoms with Gasteiger partial charge < -0.3 is 24.6 Å². The van der Waals surface area contributed by atoms with Gasteiger partial charge in [-0.1, -0.05) is 18.2 Å². The van der Waals surface area contributed by atoms with Crippen LogP contribution in [0.15, 0.2) is 30.3 Å². The molecule has 7 nitrogen and oxygen atoms in total. The van der Waals surface area contributed by atoms with E-state index in [9.17, 15) is 9.59 Å². The third kappa shape index (κ3) is 7.93. The van der Waals surface area contributed by atoms with E-state index in [4.69, 9.17) is 9.47 Å². The number of hydrogen-bond donors (Lipinski definition) is 1. The first-order chi connectivity index (χ1) is 13.4. The summed E-state index contributed by atoms with van der Waals surface area (Å²) in [7, 11) is 0. The van der Waals surface area contributed by atoms with Crippen LogP contribution in [0.25, 0.3) is 0 Å². The number of esters is 1. The summed E-state index contributed by atoms with van der Waals surface area (Å²) in [5.74, 6) is -0.362. The molecule has 0 aromatic heterocycles. The number of carbonyl (C=O) groups is 2. The molecule has 2 rings (SSSR count). The summed E-state index contributed by atoms with van der Waals surface area (Å²) in [6.07, 6.45) is -0.428. The quantitative estimate of drug-likeness (QED) is 0.763. The van der Waals surface area contributed by atoms with E-state index in [-0.39, 0.29) is 12.5 Å². The molecule has 1 heterocycles. The Morgan fingerprint density at radius 2 is 1.55 bits per heavy atom. The number of para-hydroxylation sites is 1. The number of carbonyl (C=O) groups excluding carboxylic acids is 2. The maximum atomic E-state index is 12.8. The molecule has 0 spiro atoms. The van der Waals surface area contributed by atoms with E-state index >= 15 is 0 Å². The van der Waals surface area contributed by atoms with Crippen LogP contribution in [0.4, 0.5) is 10.5 Å². The number of hydrogen-bond acceptors (Lipinski definition) is 6. The Labute approximate surface area is 174 Å². The van der Waals surface area contributed by atoms with Gasteiger partial charge in [-0.3, -0.25) is 4.79 Å². The SMILES string of the molecule is CC(C)(C)OC(=O)C1CN(C(=O)OC(C)(C)C)CCN(c2ccccc2)CCN1. The molecule has 1 unspecified atom stereocenters. The standard InChI is InChI=1S/C22H35N3O4/c1-21(2,3)28-19(26)18-16-25(20(27)29-22(4,5)6)15-14-24(13-12-23-18)17-10-8-7-9-11-17/h7-11,18,23H,12-16H2,1-6H3. The molecule has 7 heteroatoms. The molecule has 0 saturated carbocycles. The van der Waals surface area contributed by atoms with E-state index < -0.39 is 23.3 Å². The highest BCUT2D eigenvalue weighted by Crippen LogP contribution is 2.16. The number of amides is 1. The molecule has 1 saturated heterocycles. The van der Waals surface area contributed by atoms with Crippen molar-refractivity contribution in [3.8, 4) is 0 Å². The zero-order valence-corrected chi connectivity index (χ0v) is 18.5. The molecule has 162 valence electrons. The van der Waals surface area contributed by atoms with Gasteiger partial charge in [0.2, 0.25) is 0 Å². The molecule has 29 heavy (non-hydrogen) atoms. The Balaban J connectivity index is 2.20. The fourth-order valence-corrected chi connectivity index (χ4v) is 3.02. The van der Waals surface area contributed by atoms with Crippen molar-refractivity contribution in [1.29, 1.82) is 0 Å². The lowest BCUT2D eigenvalue weighted by molar-refractivity contribution is -0.157. The van der Waals surface area contributed by atoms with Gasteiger partial charge >= 0.3 is 12.1 Å². The molecule has 1 aromatic rings. The predicted octanol–water partition coefficient (Wildman–Crippen LogP) is 3.04. The third-order valence-corrected chi connectivity index (χ3v) is 4.28. The van der Waals surface area contributed by atoms with Gasteiger partial charge in [0.25, 0.3) is 0 Å². The minimum Gasteiger partial charge on any atom is -0.459 e. The Morgan fingerprint density at radius 1 is 0.931 bits per heavy atom. The molecule has 0 aliphatic carbocycles. The summed E-state index contributed by atoms with van der Waals surface area (Å²) in [6, 6.07) is 9.43. The molecule has 0 radical (unpaired) electrons. The molecule has 1 aromatic carbocycles. The Kier molecular flexibility index (Phi) is 7.52. The van der Waals surface area contributed by atoms with Crippen molar-refractivity contribution < 1.29 is 19.1 Å². The van der Waals surface area contributed by atoms with Crippen LogP contribution < -0.4 is 10.2 Å². The van der Waals surface area contributed by atoms with Gasteiger partial charge in [0.1, 0.15) is 17.2 Å². The molecule has 1 amide bonds. The Hall–Kier alpha value is -2.28. The summed E-state index contributed by atoms with van der Waals surface area (Å²) < 4.78 is 11.1. The molecule has 0 bridgehead atoms. The second-order valence-corrected chi connectivity index (χ2v) is 9.29. The zero-order valence-electron chi connectivity index (χ0n) is 18.5. The van der Waals surface area contributed by atoms with E-state index in [1.54, 1.807) is 4.90 Å². The van der Waals surface area contributed by atoms with E-state index in [1.165, 1.54) is 0 Å². The minimum absolute atomic E-state index is 0.201. The van der Waals surface area contributed by atoms with Gasteiger partial charge in [0.15, 0.2) is 0 Å². The maximum absolute atomic E-state index is 12.8. The minimum atomic E-state index is -0.613. The van der Waals surface area contributed by atoms with E-state index in [1.807, 2.05) is 71.9 Å². The molecule has 1 atom stereocenters. The number of rotatable bonds is 2. The highest BCUT2D eigenvalue weighted by atomic mass is 16.6. The lowest BCUT2D eigenvalue weighted by Crippen LogP contribution is -2.51. The van der Waals surface area contributed by atoms with Crippen molar-refractivity contribution in [3.63, 3.8) is 0 Å². The van der Waals surface area contributed by atoms with Crippen LogP contribution in [0, 0.1) is 0 Å². The first-order valence-corrected chi connectivity index (χ1v) is 10.2. The third-order valence-electron chi connectivity index (χ3n) is 4.28. The van der Waals surface area contributed by atoms with Crippen molar-refractivity contribution >= 4 is 17.7 Å². The molecular weight excluding hydrogens is 370 g/mol. The highest BCUT2D eigenvalue weighted by Gasteiger charge is 2.31. The topological polar surface area (TPSA) is 71.1 Å². The summed E-state index contributed by atoms with van der Waals surface area (Å²) in [6.45, 7) is 13.6. The van der Waals surface area contributed by atoms with Gasteiger partial charge in [-0.2, -0.15) is 0 Å². The van der Waals surface area contributed by atoms with E-state index in [2.05, 4.69) is 10.2 Å². The van der Waals surface area contributed by atoms with Crippen LogP contribution in [0.5, 0.6) is 0 Å². The van der Waals surface area contributed by atoms with Crippen LogP contribution in [-0.2, 0) is 14.3 Å². The van der Waals surface area contributed by atoms with Crippen molar-refractivity contribution in [1.82, 2.24) is 10.2 Å². The van der Waals surface area contributed by atoms with Crippen LogP contribution in [0.1, 0.15) is 41.5 Å². The number of ether oxygens (including phenoxy) is 2. The highest BCUT2D eigenvalue weighted by molar-refractivity contribution is 5.78. The van der Waals surface area contributed by atoms with Crippen LogP contribution in [0.2, 0.25) is 0 Å². The molecule has 1 aliphatic rings. The summed E-state index contributed by atoms with van der Waals surface area (Å²) in [5, 5.41) is 3.27. The second kappa shape index (κ2) is 9.48. The summed E-state index contributed by atoms with van der Waals surface area (Å²) in [4.78, 5) is 29.3. The number of nitrogens with one attached hydrogen (secondary N) is 1. The molecule has 1 aliphatic heterocycles. The van der Waals surface area contributed by atoms with Gasteiger partial charge in [0, 0.05) is 31.9 Å². The molecule has 1 N–H and O–H groups in total. The van der Waals surface area contributed by atoms with Crippen molar-refractivity contribution in [2.24, 2.45) is 0 Å². The fourth-order valence-electron chi connectivity index (χ4n) is 3.02. The van der Waals surface area contributed by atoms with Crippen molar-refractivity contribution in [2.45, 2.75) is 58.8 Å². The van der Waals surface area contributed by atoms with E-state index in [0.717, 1.165) is 5.69 Å². The van der Waals surface area contributed by atoms with Crippen molar-refractivity contribution in [2.75, 3.05) is 37.6 Å².